The molecule has 2 heterocycles. The van der Waals surface area contributed by atoms with Gasteiger partial charge >= 0.3 is 0 Å². The minimum Gasteiger partial charge on any atom is -0.320 e. The Balaban J connectivity index is 1.84. The van der Waals surface area contributed by atoms with E-state index in [0.29, 0.717) is 11.8 Å². The molecule has 0 spiro atoms. The van der Waals surface area contributed by atoms with E-state index in [-0.39, 0.29) is 5.92 Å². The Kier molecular flexibility index (Phi) is 3.50. The van der Waals surface area contributed by atoms with E-state index >= 15 is 0 Å². The molecule has 0 N–H and O–H groups in total. The molecule has 2 unspecified atom stereocenters. The summed E-state index contributed by atoms with van der Waals surface area (Å²) in [6.45, 7) is 4.15. The molecule has 2 rings (SSSR count). The zero-order chi connectivity index (χ0) is 11.4. The lowest BCUT2D eigenvalue weighted by molar-refractivity contribution is 0.337. The second kappa shape index (κ2) is 5.06. The van der Waals surface area contributed by atoms with Crippen LogP contribution < -0.4 is 0 Å². The van der Waals surface area contributed by atoms with Gasteiger partial charge in [0.2, 0.25) is 0 Å². The van der Waals surface area contributed by atoms with Crippen LogP contribution in [0.25, 0.3) is 0 Å². The molecule has 0 aliphatic rings. The molecular weight excluding hydrogens is 228 g/mol. The van der Waals surface area contributed by atoms with Crippen LogP contribution in [0.1, 0.15) is 49.4 Å². The summed E-state index contributed by atoms with van der Waals surface area (Å²) in [6.07, 6.45) is 1.94. The third-order valence-corrected chi connectivity index (χ3v) is 3.33. The van der Waals surface area contributed by atoms with E-state index in [1.807, 2.05) is 6.92 Å². The van der Waals surface area contributed by atoms with Crippen LogP contribution in [0, 0.1) is 0 Å². The van der Waals surface area contributed by atoms with Crippen LogP contribution in [0.5, 0.6) is 0 Å². The van der Waals surface area contributed by atoms with Gasteiger partial charge in [0.25, 0.3) is 5.89 Å². The molecule has 0 aliphatic carbocycles. The highest BCUT2D eigenvalue weighted by Gasteiger charge is 2.16. The molecule has 0 saturated carbocycles. The Morgan fingerprint density at radius 3 is 2.56 bits per heavy atom. The van der Waals surface area contributed by atoms with Crippen molar-refractivity contribution in [1.82, 2.24) is 30.4 Å². The van der Waals surface area contributed by atoms with Crippen LogP contribution in [0.3, 0.4) is 0 Å². The summed E-state index contributed by atoms with van der Waals surface area (Å²) < 4.78 is 8.66. The molecule has 16 heavy (non-hydrogen) atoms. The van der Waals surface area contributed by atoms with Gasteiger partial charge in [-0.15, -0.1) is 5.10 Å². The molecule has 0 bridgehead atoms. The lowest BCUT2D eigenvalue weighted by atomic mass is 9.98. The molecule has 2 aromatic heterocycles. The number of hydrogen-bond acceptors (Lipinski definition) is 8. The predicted molar refractivity (Wildman–Crippen MR) is 55.9 cm³/mol. The number of aromatic nitrogens is 6. The third kappa shape index (κ3) is 2.57. The van der Waals surface area contributed by atoms with E-state index in [9.17, 15) is 0 Å². The van der Waals surface area contributed by atoms with E-state index in [4.69, 9.17) is 4.52 Å². The van der Waals surface area contributed by atoms with E-state index in [1.54, 1.807) is 0 Å². The molecule has 7 nitrogen and oxygen atoms in total. The van der Waals surface area contributed by atoms with Crippen molar-refractivity contribution < 1.29 is 4.52 Å². The average molecular weight is 240 g/mol. The van der Waals surface area contributed by atoms with Gasteiger partial charge in [0.15, 0.2) is 0 Å². The van der Waals surface area contributed by atoms with Gasteiger partial charge in [-0.3, -0.25) is 0 Å². The molecule has 0 saturated heterocycles. The minimum absolute atomic E-state index is 0.221. The van der Waals surface area contributed by atoms with E-state index in [0.717, 1.165) is 17.8 Å². The number of rotatable bonds is 5. The van der Waals surface area contributed by atoms with E-state index in [2.05, 4.69) is 37.3 Å². The van der Waals surface area contributed by atoms with Crippen molar-refractivity contribution in [2.75, 3.05) is 0 Å². The highest BCUT2D eigenvalue weighted by Crippen LogP contribution is 2.26. The van der Waals surface area contributed by atoms with Gasteiger partial charge in [0.05, 0.1) is 5.27 Å². The SMILES string of the molecule is CC(CCC(C)c1nnns1)c1nnno1. The molecule has 0 aliphatic heterocycles. The molecule has 0 amide bonds. The lowest BCUT2D eigenvalue weighted by Crippen LogP contribution is -1.99. The van der Waals surface area contributed by atoms with Crippen LogP contribution in [0.4, 0.5) is 0 Å². The maximum atomic E-state index is 4.91. The van der Waals surface area contributed by atoms with Gasteiger partial charge in [0, 0.05) is 23.4 Å². The first-order valence-corrected chi connectivity index (χ1v) is 5.84. The maximum Gasteiger partial charge on any atom is 0.250 e. The molecule has 2 atom stereocenters. The van der Waals surface area contributed by atoms with Crippen LogP contribution in [0.15, 0.2) is 4.52 Å². The van der Waals surface area contributed by atoms with Crippen molar-refractivity contribution in [3.05, 3.63) is 10.9 Å². The van der Waals surface area contributed by atoms with Crippen LogP contribution in [-0.2, 0) is 0 Å². The zero-order valence-corrected chi connectivity index (χ0v) is 9.89. The second-order valence-electron chi connectivity index (χ2n) is 3.78. The molecule has 0 fully saturated rings. The quantitative estimate of drug-likeness (QED) is 0.780. The van der Waals surface area contributed by atoms with Crippen LogP contribution in [0.2, 0.25) is 0 Å². The lowest BCUT2D eigenvalue weighted by Gasteiger charge is -2.09. The first-order valence-electron chi connectivity index (χ1n) is 5.07. The van der Waals surface area contributed by atoms with Crippen molar-refractivity contribution in [2.45, 2.75) is 38.5 Å². The van der Waals surface area contributed by atoms with E-state index in [1.165, 1.54) is 11.5 Å². The van der Waals surface area contributed by atoms with Gasteiger partial charge in [-0.05, 0) is 23.3 Å². The van der Waals surface area contributed by atoms with Gasteiger partial charge in [0.1, 0.15) is 5.01 Å². The van der Waals surface area contributed by atoms with Gasteiger partial charge in [-0.25, -0.2) is 0 Å². The Bertz CT molecular complexity index is 362. The van der Waals surface area contributed by atoms with Crippen molar-refractivity contribution in [3.63, 3.8) is 0 Å². The Labute approximate surface area is 96.4 Å². The highest BCUT2D eigenvalue weighted by atomic mass is 32.1. The summed E-state index contributed by atoms with van der Waals surface area (Å²) in [7, 11) is 0. The summed E-state index contributed by atoms with van der Waals surface area (Å²) >= 11 is 1.34. The molecule has 0 radical (unpaired) electrons. The fourth-order valence-corrected chi connectivity index (χ4v) is 1.93. The van der Waals surface area contributed by atoms with Gasteiger partial charge in [-0.1, -0.05) is 23.4 Å². The summed E-state index contributed by atoms with van der Waals surface area (Å²) in [5, 5.41) is 19.1. The molecular formula is C8H12N6OS. The molecule has 2 aromatic rings. The summed E-state index contributed by atoms with van der Waals surface area (Å²) in [5.41, 5.74) is 0. The maximum absolute atomic E-state index is 4.91. The zero-order valence-electron chi connectivity index (χ0n) is 9.07. The van der Waals surface area contributed by atoms with Gasteiger partial charge in [-0.2, -0.15) is 0 Å². The molecule has 0 aromatic carbocycles. The first-order chi connectivity index (χ1) is 7.77. The smallest absolute Gasteiger partial charge is 0.250 e. The average Bonchev–Trinajstić information content (AvgIpc) is 2.95. The van der Waals surface area contributed by atoms with Gasteiger partial charge < -0.3 is 4.52 Å². The highest BCUT2D eigenvalue weighted by molar-refractivity contribution is 7.05. The van der Waals surface area contributed by atoms with E-state index < -0.39 is 0 Å². The number of hydrogen-bond donors (Lipinski definition) is 0. The van der Waals surface area contributed by atoms with Crippen molar-refractivity contribution in [2.24, 2.45) is 0 Å². The number of nitrogens with zero attached hydrogens (tertiary/aromatic N) is 6. The third-order valence-electron chi connectivity index (χ3n) is 2.50. The Hall–Kier alpha value is -1.44. The Morgan fingerprint density at radius 2 is 1.94 bits per heavy atom. The summed E-state index contributed by atoms with van der Waals surface area (Å²) in [5.74, 6) is 1.17. The minimum atomic E-state index is 0.221. The van der Waals surface area contributed by atoms with Crippen molar-refractivity contribution >= 4 is 11.5 Å². The molecule has 86 valence electrons. The Morgan fingerprint density at radius 1 is 1.12 bits per heavy atom. The fraction of sp³-hybridized carbons (Fsp3) is 0.750. The molecule has 8 heteroatoms. The predicted octanol–water partition coefficient (Wildman–Crippen LogP) is 1.40. The largest absolute Gasteiger partial charge is 0.320 e. The summed E-state index contributed by atoms with van der Waals surface area (Å²) in [6, 6.07) is 0. The summed E-state index contributed by atoms with van der Waals surface area (Å²) in [4.78, 5) is 0. The second-order valence-corrected chi connectivity index (χ2v) is 4.54. The standard InChI is InChI=1S/C8H12N6OS/c1-5(7-9-11-13-15-7)3-4-6(2)8-10-12-14-16-8/h5-6H,3-4H2,1-2H3. The topological polar surface area (TPSA) is 90.5 Å². The van der Waals surface area contributed by atoms with Crippen molar-refractivity contribution in [1.29, 1.82) is 0 Å². The fourth-order valence-electron chi connectivity index (χ4n) is 1.41. The monoisotopic (exact) mass is 240 g/mol. The van der Waals surface area contributed by atoms with Crippen LogP contribution in [-0.4, -0.2) is 30.4 Å². The normalized spacial score (nSPS) is 14.9. The first kappa shape index (κ1) is 11.1. The van der Waals surface area contributed by atoms with Crippen molar-refractivity contribution in [3.8, 4) is 0 Å². The van der Waals surface area contributed by atoms with Crippen LogP contribution >= 0.6 is 11.5 Å².